The van der Waals surface area contributed by atoms with Crippen LogP contribution in [0.3, 0.4) is 0 Å². The van der Waals surface area contributed by atoms with Gasteiger partial charge in [-0.2, -0.15) is 26.3 Å². The zero-order chi connectivity index (χ0) is 15.8. The Kier molecular flexibility index (Phi) is 4.60. The van der Waals surface area contributed by atoms with Crippen LogP contribution in [0.4, 0.5) is 32.2 Å². The Morgan fingerprint density at radius 3 is 2.38 bits per heavy atom. The molecule has 1 unspecified atom stereocenters. The van der Waals surface area contributed by atoms with Crippen molar-refractivity contribution in [1.82, 2.24) is 4.98 Å². The van der Waals surface area contributed by atoms with Crippen molar-refractivity contribution in [3.8, 4) is 0 Å². The minimum Gasteiger partial charge on any atom is -0.356 e. The van der Waals surface area contributed by atoms with E-state index in [4.69, 9.17) is 0 Å². The van der Waals surface area contributed by atoms with Gasteiger partial charge in [0.2, 0.25) is 0 Å². The largest absolute Gasteiger partial charge is 0.433 e. The summed E-state index contributed by atoms with van der Waals surface area (Å²) < 4.78 is 76.7. The van der Waals surface area contributed by atoms with E-state index in [0.717, 1.165) is 6.07 Å². The second kappa shape index (κ2) is 5.81. The molecular weight excluding hydrogens is 413 g/mol. The van der Waals surface area contributed by atoms with Crippen LogP contribution in [0, 0.1) is 9.49 Å². The number of pyridine rings is 1. The average molecular weight is 424 g/mol. The van der Waals surface area contributed by atoms with Gasteiger partial charge in [0.05, 0.1) is 5.92 Å². The van der Waals surface area contributed by atoms with E-state index in [1.54, 1.807) is 22.6 Å². The summed E-state index contributed by atoms with van der Waals surface area (Å²) in [5.74, 6) is -1.58. The lowest BCUT2D eigenvalue weighted by atomic mass is 9.97. The van der Waals surface area contributed by atoms with Gasteiger partial charge in [-0.15, -0.1) is 0 Å². The first-order valence-corrected chi connectivity index (χ1v) is 7.21. The van der Waals surface area contributed by atoms with Gasteiger partial charge in [-0.25, -0.2) is 4.98 Å². The molecule has 21 heavy (non-hydrogen) atoms. The summed E-state index contributed by atoms with van der Waals surface area (Å²) in [7, 11) is 0. The van der Waals surface area contributed by atoms with E-state index >= 15 is 0 Å². The number of halogens is 7. The molecule has 0 bridgehead atoms. The van der Waals surface area contributed by atoms with Gasteiger partial charge in [-0.3, -0.25) is 0 Å². The van der Waals surface area contributed by atoms with E-state index in [2.05, 4.69) is 4.98 Å². The van der Waals surface area contributed by atoms with Gasteiger partial charge in [-0.1, -0.05) is 0 Å². The normalized spacial score (nSPS) is 20.7. The van der Waals surface area contributed by atoms with Gasteiger partial charge < -0.3 is 4.90 Å². The fourth-order valence-corrected chi connectivity index (χ4v) is 2.82. The number of alkyl halides is 6. The molecule has 1 atom stereocenters. The minimum absolute atomic E-state index is 0.00391. The molecule has 9 heteroatoms. The number of hydrogen-bond donors (Lipinski definition) is 0. The molecule has 0 saturated carbocycles. The first-order chi connectivity index (χ1) is 9.57. The Balaban J connectivity index is 2.27. The van der Waals surface area contributed by atoms with Crippen molar-refractivity contribution in [3.05, 3.63) is 21.4 Å². The van der Waals surface area contributed by atoms with Gasteiger partial charge in [0, 0.05) is 16.7 Å². The lowest BCUT2D eigenvalue weighted by Crippen LogP contribution is -2.42. The molecule has 0 aromatic carbocycles. The van der Waals surface area contributed by atoms with Crippen molar-refractivity contribution in [3.63, 3.8) is 0 Å². The molecule has 2 heterocycles. The Labute approximate surface area is 130 Å². The molecule has 1 aliphatic rings. The van der Waals surface area contributed by atoms with Gasteiger partial charge in [0.15, 0.2) is 0 Å². The lowest BCUT2D eigenvalue weighted by Gasteiger charge is -2.34. The number of hydrogen-bond acceptors (Lipinski definition) is 2. The first kappa shape index (κ1) is 16.6. The zero-order valence-corrected chi connectivity index (χ0v) is 12.8. The van der Waals surface area contributed by atoms with Crippen LogP contribution in [0.25, 0.3) is 0 Å². The number of aromatic nitrogens is 1. The Morgan fingerprint density at radius 1 is 1.14 bits per heavy atom. The highest BCUT2D eigenvalue weighted by atomic mass is 127. The van der Waals surface area contributed by atoms with Crippen LogP contribution < -0.4 is 4.90 Å². The SMILES string of the molecule is FC(F)(F)c1cc(I)cc(N2CCCC(C(F)(F)F)C2)n1. The fourth-order valence-electron chi connectivity index (χ4n) is 2.24. The molecule has 1 fully saturated rings. The van der Waals surface area contributed by atoms with Crippen molar-refractivity contribution >= 4 is 28.4 Å². The van der Waals surface area contributed by atoms with Gasteiger partial charge >= 0.3 is 12.4 Å². The number of nitrogens with zero attached hydrogens (tertiary/aromatic N) is 2. The maximum Gasteiger partial charge on any atom is 0.433 e. The monoisotopic (exact) mass is 424 g/mol. The van der Waals surface area contributed by atoms with Crippen LogP contribution >= 0.6 is 22.6 Å². The highest BCUT2D eigenvalue weighted by Crippen LogP contribution is 2.36. The molecule has 118 valence electrons. The van der Waals surface area contributed by atoms with Gasteiger partial charge in [-0.05, 0) is 47.6 Å². The van der Waals surface area contributed by atoms with Crippen molar-refractivity contribution in [2.45, 2.75) is 25.2 Å². The molecule has 2 rings (SSSR count). The molecule has 2 nitrogen and oxygen atoms in total. The van der Waals surface area contributed by atoms with Crippen molar-refractivity contribution in [2.75, 3.05) is 18.0 Å². The summed E-state index contributed by atoms with van der Waals surface area (Å²) in [6.45, 7) is -0.0785. The van der Waals surface area contributed by atoms with E-state index < -0.39 is 24.0 Å². The Hall–Kier alpha value is -0.740. The minimum atomic E-state index is -4.62. The molecule has 1 saturated heterocycles. The Morgan fingerprint density at radius 2 is 1.81 bits per heavy atom. The third-order valence-electron chi connectivity index (χ3n) is 3.28. The molecular formula is C12H11F6IN2. The average Bonchev–Trinajstić information content (AvgIpc) is 2.36. The van der Waals surface area contributed by atoms with Crippen LogP contribution in [-0.2, 0) is 6.18 Å². The summed E-state index contributed by atoms with van der Waals surface area (Å²) in [5.41, 5.74) is -1.08. The maximum absolute atomic E-state index is 12.7. The number of piperidine rings is 1. The quantitative estimate of drug-likeness (QED) is 0.488. The summed E-state index contributed by atoms with van der Waals surface area (Å²) in [4.78, 5) is 4.75. The number of rotatable bonds is 1. The fraction of sp³-hybridized carbons (Fsp3) is 0.583. The summed E-state index contributed by atoms with van der Waals surface area (Å²) >= 11 is 1.70. The van der Waals surface area contributed by atoms with Crippen LogP contribution in [0.5, 0.6) is 0 Å². The van der Waals surface area contributed by atoms with E-state index in [0.29, 0.717) is 3.57 Å². The van der Waals surface area contributed by atoms with E-state index in [-0.39, 0.29) is 31.7 Å². The summed E-state index contributed by atoms with van der Waals surface area (Å²) in [6.07, 6.45) is -8.68. The predicted octanol–water partition coefficient (Wildman–Crippen LogP) is 4.48. The summed E-state index contributed by atoms with van der Waals surface area (Å²) in [5, 5.41) is 0. The van der Waals surface area contributed by atoms with Crippen LogP contribution in [-0.4, -0.2) is 24.2 Å². The molecule has 0 aliphatic carbocycles. The summed E-state index contributed by atoms with van der Waals surface area (Å²) in [6, 6.07) is 2.24. The maximum atomic E-state index is 12.7. The lowest BCUT2D eigenvalue weighted by molar-refractivity contribution is -0.176. The van der Waals surface area contributed by atoms with Crippen LogP contribution in [0.15, 0.2) is 12.1 Å². The predicted molar refractivity (Wildman–Crippen MR) is 72.9 cm³/mol. The molecule has 1 aromatic rings. The van der Waals surface area contributed by atoms with Crippen molar-refractivity contribution in [2.24, 2.45) is 5.92 Å². The third kappa shape index (κ3) is 4.13. The molecule has 0 amide bonds. The van der Waals surface area contributed by atoms with Gasteiger partial charge in [0.1, 0.15) is 11.5 Å². The second-order valence-electron chi connectivity index (χ2n) is 4.85. The molecule has 1 aliphatic heterocycles. The van der Waals surface area contributed by atoms with Gasteiger partial charge in [0.25, 0.3) is 0 Å². The van der Waals surface area contributed by atoms with Crippen molar-refractivity contribution in [1.29, 1.82) is 0 Å². The van der Waals surface area contributed by atoms with E-state index in [1.165, 1.54) is 11.0 Å². The Bertz CT molecular complexity index is 513. The molecule has 0 radical (unpaired) electrons. The number of anilines is 1. The van der Waals surface area contributed by atoms with E-state index in [9.17, 15) is 26.3 Å². The van der Waals surface area contributed by atoms with Crippen molar-refractivity contribution < 1.29 is 26.3 Å². The molecule has 0 N–H and O–H groups in total. The molecule has 0 spiro atoms. The standard InChI is InChI=1S/C12H11F6IN2/c13-11(14,15)7-2-1-3-21(6-7)10-5-8(19)4-9(20-10)12(16,17)18/h4-5,7H,1-3,6H2. The highest BCUT2D eigenvalue weighted by Gasteiger charge is 2.42. The highest BCUT2D eigenvalue weighted by molar-refractivity contribution is 14.1. The van der Waals surface area contributed by atoms with Crippen LogP contribution in [0.1, 0.15) is 18.5 Å². The smallest absolute Gasteiger partial charge is 0.356 e. The second-order valence-corrected chi connectivity index (χ2v) is 6.10. The topological polar surface area (TPSA) is 16.1 Å². The van der Waals surface area contributed by atoms with Crippen LogP contribution in [0.2, 0.25) is 0 Å². The van der Waals surface area contributed by atoms with E-state index in [1.807, 2.05) is 0 Å². The molecule has 1 aromatic heterocycles. The zero-order valence-electron chi connectivity index (χ0n) is 10.6. The first-order valence-electron chi connectivity index (χ1n) is 6.14. The third-order valence-corrected chi connectivity index (χ3v) is 3.90.